The van der Waals surface area contributed by atoms with Gasteiger partial charge in [0.25, 0.3) is 0 Å². The standard InChI is InChI=1S/C12H9NO2S/c13-6-5-11(16)9-7-8-3-1-2-4-10(8)15-12(9)14/h1-7H,13H2/b6-5+. The predicted octanol–water partition coefficient (Wildman–Crippen LogP) is 1.98. The highest BCUT2D eigenvalue weighted by Crippen LogP contribution is 2.13. The van der Waals surface area contributed by atoms with Gasteiger partial charge in [0.2, 0.25) is 0 Å². The molecule has 0 aliphatic heterocycles. The van der Waals surface area contributed by atoms with Crippen LogP contribution < -0.4 is 11.4 Å². The second-order valence-electron chi connectivity index (χ2n) is 3.21. The summed E-state index contributed by atoms with van der Waals surface area (Å²) in [5.74, 6) is 0. The van der Waals surface area contributed by atoms with E-state index in [9.17, 15) is 4.79 Å². The van der Waals surface area contributed by atoms with E-state index in [-0.39, 0.29) is 0 Å². The minimum absolute atomic E-state index is 0.357. The quantitative estimate of drug-likeness (QED) is 0.371. The smallest absolute Gasteiger partial charge is 0.345 e. The van der Waals surface area contributed by atoms with Crippen LogP contribution in [0.25, 0.3) is 11.0 Å². The second kappa shape index (κ2) is 4.28. The van der Waals surface area contributed by atoms with Gasteiger partial charge in [-0.05, 0) is 24.4 Å². The first kappa shape index (κ1) is 10.6. The van der Waals surface area contributed by atoms with Gasteiger partial charge >= 0.3 is 5.63 Å². The molecule has 1 aromatic carbocycles. The third-order valence-corrected chi connectivity index (χ3v) is 2.51. The summed E-state index contributed by atoms with van der Waals surface area (Å²) in [6, 6.07) is 8.99. The molecule has 3 nitrogen and oxygen atoms in total. The summed E-state index contributed by atoms with van der Waals surface area (Å²) in [4.78, 5) is 12.0. The maximum absolute atomic E-state index is 11.6. The lowest BCUT2D eigenvalue weighted by molar-refractivity contribution is 0.560. The van der Waals surface area contributed by atoms with Crippen molar-refractivity contribution in [2.75, 3.05) is 0 Å². The van der Waals surface area contributed by atoms with Crippen LogP contribution in [0, 0.1) is 0 Å². The first-order chi connectivity index (χ1) is 7.72. The number of allylic oxidation sites excluding steroid dienone is 1. The Bertz CT molecular complexity index is 628. The largest absolute Gasteiger partial charge is 0.422 e. The molecule has 0 aliphatic carbocycles. The van der Waals surface area contributed by atoms with Crippen LogP contribution >= 0.6 is 12.2 Å². The van der Waals surface area contributed by atoms with Gasteiger partial charge in [-0.2, -0.15) is 0 Å². The van der Waals surface area contributed by atoms with E-state index < -0.39 is 5.63 Å². The van der Waals surface area contributed by atoms with Crippen molar-refractivity contribution in [3.63, 3.8) is 0 Å². The summed E-state index contributed by atoms with van der Waals surface area (Å²) < 4.78 is 5.14. The van der Waals surface area contributed by atoms with Crippen molar-refractivity contribution in [1.29, 1.82) is 0 Å². The van der Waals surface area contributed by atoms with E-state index in [1.54, 1.807) is 12.1 Å². The van der Waals surface area contributed by atoms with Crippen molar-refractivity contribution in [3.8, 4) is 0 Å². The topological polar surface area (TPSA) is 56.2 Å². The maximum atomic E-state index is 11.6. The molecule has 0 unspecified atom stereocenters. The maximum Gasteiger partial charge on any atom is 0.345 e. The van der Waals surface area contributed by atoms with Gasteiger partial charge in [0, 0.05) is 5.39 Å². The lowest BCUT2D eigenvalue weighted by Crippen LogP contribution is -2.11. The van der Waals surface area contributed by atoms with Gasteiger partial charge in [0.15, 0.2) is 0 Å². The Hall–Kier alpha value is -1.94. The van der Waals surface area contributed by atoms with Gasteiger partial charge in [-0.25, -0.2) is 4.79 Å². The van der Waals surface area contributed by atoms with Crippen LogP contribution in [-0.2, 0) is 0 Å². The van der Waals surface area contributed by atoms with E-state index in [0.29, 0.717) is 16.0 Å². The van der Waals surface area contributed by atoms with E-state index in [1.165, 1.54) is 12.3 Å². The van der Waals surface area contributed by atoms with Gasteiger partial charge in [-0.15, -0.1) is 0 Å². The first-order valence-electron chi connectivity index (χ1n) is 4.68. The summed E-state index contributed by atoms with van der Waals surface area (Å²) in [7, 11) is 0. The van der Waals surface area contributed by atoms with Gasteiger partial charge in [0.1, 0.15) is 5.58 Å². The molecule has 0 atom stereocenters. The Labute approximate surface area is 97.2 Å². The highest BCUT2D eigenvalue weighted by molar-refractivity contribution is 7.81. The molecule has 2 aromatic rings. The Morgan fingerprint density at radius 3 is 2.88 bits per heavy atom. The number of nitrogens with two attached hydrogens (primary N) is 1. The number of fused-ring (bicyclic) bond motifs is 1. The summed E-state index contributed by atoms with van der Waals surface area (Å²) in [6.07, 6.45) is 2.80. The van der Waals surface area contributed by atoms with Crippen LogP contribution in [0.4, 0.5) is 0 Å². The van der Waals surface area contributed by atoms with E-state index in [4.69, 9.17) is 22.4 Å². The molecule has 0 saturated heterocycles. The van der Waals surface area contributed by atoms with Crippen molar-refractivity contribution in [2.45, 2.75) is 0 Å². The number of hydrogen-bond acceptors (Lipinski definition) is 4. The van der Waals surface area contributed by atoms with Crippen molar-refractivity contribution in [3.05, 3.63) is 58.6 Å². The number of benzene rings is 1. The molecule has 16 heavy (non-hydrogen) atoms. The van der Waals surface area contributed by atoms with Crippen LogP contribution in [0.3, 0.4) is 0 Å². The SMILES string of the molecule is N/C=C/C(=S)c1cc2ccccc2oc1=O. The molecule has 0 fully saturated rings. The van der Waals surface area contributed by atoms with E-state index >= 15 is 0 Å². The van der Waals surface area contributed by atoms with Gasteiger partial charge in [-0.3, -0.25) is 0 Å². The number of hydrogen-bond donors (Lipinski definition) is 1. The van der Waals surface area contributed by atoms with Crippen molar-refractivity contribution in [2.24, 2.45) is 5.73 Å². The number of para-hydroxylation sites is 1. The fourth-order valence-electron chi connectivity index (χ4n) is 1.41. The highest BCUT2D eigenvalue weighted by Gasteiger charge is 2.07. The zero-order valence-corrected chi connectivity index (χ0v) is 9.16. The molecule has 0 spiro atoms. The first-order valence-corrected chi connectivity index (χ1v) is 5.08. The predicted molar refractivity (Wildman–Crippen MR) is 67.5 cm³/mol. The number of rotatable bonds is 2. The number of thiocarbonyl (C=S) groups is 1. The summed E-state index contributed by atoms with van der Waals surface area (Å²) in [6.45, 7) is 0. The zero-order valence-electron chi connectivity index (χ0n) is 8.34. The average Bonchev–Trinajstić information content (AvgIpc) is 2.28. The van der Waals surface area contributed by atoms with Crippen molar-refractivity contribution < 1.29 is 4.42 Å². The third kappa shape index (κ3) is 1.87. The molecule has 0 radical (unpaired) electrons. The summed E-state index contributed by atoms with van der Waals surface area (Å²) in [5, 5.41) is 0.838. The van der Waals surface area contributed by atoms with Gasteiger partial charge < -0.3 is 10.2 Å². The van der Waals surface area contributed by atoms with Gasteiger partial charge in [-0.1, -0.05) is 30.4 Å². The Balaban J connectivity index is 2.67. The Morgan fingerprint density at radius 1 is 1.38 bits per heavy atom. The Kier molecular flexibility index (Phi) is 2.83. The molecule has 4 heteroatoms. The molecule has 0 saturated carbocycles. The van der Waals surface area contributed by atoms with Crippen molar-refractivity contribution >= 4 is 28.1 Å². The molecule has 0 aliphatic rings. The molecule has 0 bridgehead atoms. The lowest BCUT2D eigenvalue weighted by Gasteiger charge is -1.99. The van der Waals surface area contributed by atoms with Crippen LogP contribution in [-0.4, -0.2) is 4.86 Å². The van der Waals surface area contributed by atoms with Crippen LogP contribution in [0.2, 0.25) is 0 Å². The Morgan fingerprint density at radius 2 is 2.12 bits per heavy atom. The van der Waals surface area contributed by atoms with E-state index in [1.807, 2.05) is 18.2 Å². The van der Waals surface area contributed by atoms with Gasteiger partial charge in [0.05, 0.1) is 10.4 Å². The molecule has 80 valence electrons. The summed E-state index contributed by atoms with van der Waals surface area (Å²) >= 11 is 5.04. The monoisotopic (exact) mass is 231 g/mol. The second-order valence-corrected chi connectivity index (χ2v) is 3.65. The van der Waals surface area contributed by atoms with E-state index in [2.05, 4.69) is 0 Å². The zero-order chi connectivity index (χ0) is 11.5. The normalized spacial score (nSPS) is 11.0. The third-order valence-electron chi connectivity index (χ3n) is 2.15. The van der Waals surface area contributed by atoms with E-state index in [0.717, 1.165) is 5.39 Å². The average molecular weight is 231 g/mol. The molecule has 2 N–H and O–H groups in total. The van der Waals surface area contributed by atoms with Crippen LogP contribution in [0.5, 0.6) is 0 Å². The molecule has 2 rings (SSSR count). The molecular weight excluding hydrogens is 222 g/mol. The minimum atomic E-state index is -0.443. The molecular formula is C12H9NO2S. The lowest BCUT2D eigenvalue weighted by atomic mass is 10.1. The highest BCUT2D eigenvalue weighted by atomic mass is 32.1. The van der Waals surface area contributed by atoms with Crippen molar-refractivity contribution in [1.82, 2.24) is 0 Å². The fourth-order valence-corrected chi connectivity index (χ4v) is 1.63. The van der Waals surface area contributed by atoms with Crippen LogP contribution in [0.15, 0.2) is 51.8 Å². The minimum Gasteiger partial charge on any atom is -0.422 e. The fraction of sp³-hybridized carbons (Fsp3) is 0. The van der Waals surface area contributed by atoms with Crippen LogP contribution in [0.1, 0.15) is 5.56 Å². The molecule has 1 aromatic heterocycles. The molecule has 1 heterocycles. The summed E-state index contributed by atoms with van der Waals surface area (Å²) in [5.41, 5.74) is 5.69. The molecule has 0 amide bonds.